The number of aliphatic hydroxyl groups excluding tert-OH is 3. The van der Waals surface area contributed by atoms with E-state index < -0.39 is 29.4 Å². The van der Waals surface area contributed by atoms with Gasteiger partial charge < -0.3 is 62.7 Å². The molecule has 332 valence electrons. The summed E-state index contributed by atoms with van der Waals surface area (Å²) in [6.45, 7) is 9.07. The Morgan fingerprint density at radius 3 is 2.02 bits per heavy atom. The maximum absolute atomic E-state index is 15.3. The summed E-state index contributed by atoms with van der Waals surface area (Å²) >= 11 is 0. The molecule has 0 aromatic heterocycles. The number of epoxide rings is 1. The molecule has 1 saturated heterocycles. The van der Waals surface area contributed by atoms with Crippen LogP contribution in [0.1, 0.15) is 96.2 Å². The molecule has 11 rings (SSSR count). The van der Waals surface area contributed by atoms with Crippen LogP contribution in [-0.2, 0) is 28.1 Å². The minimum absolute atomic E-state index is 0.0102. The van der Waals surface area contributed by atoms with Crippen molar-refractivity contribution in [2.24, 2.45) is 0 Å². The molecule has 0 aliphatic carbocycles. The van der Waals surface area contributed by atoms with Gasteiger partial charge in [-0.2, -0.15) is 0 Å². The smallest absolute Gasteiger partial charge is 0.180 e. The van der Waals surface area contributed by atoms with Crippen LogP contribution in [0.5, 0.6) is 46.0 Å². The van der Waals surface area contributed by atoms with Crippen LogP contribution in [0, 0.1) is 0 Å². The van der Waals surface area contributed by atoms with Gasteiger partial charge in [-0.1, -0.05) is 0 Å². The highest BCUT2D eigenvalue weighted by Gasteiger charge is 2.59. The van der Waals surface area contributed by atoms with Gasteiger partial charge in [0.1, 0.15) is 101 Å². The number of ketones is 1. The van der Waals surface area contributed by atoms with Crippen LogP contribution < -0.4 is 37.9 Å². The first kappa shape index (κ1) is 41.3. The Labute approximate surface area is 362 Å². The van der Waals surface area contributed by atoms with Gasteiger partial charge in [-0.25, -0.2) is 4.39 Å². The Hall–Kier alpha value is -5.74. The van der Waals surface area contributed by atoms with E-state index in [1.165, 1.54) is 7.11 Å². The van der Waals surface area contributed by atoms with Gasteiger partial charge in [0.15, 0.2) is 18.1 Å². The molecular weight excluding hydrogens is 819 g/mol. The van der Waals surface area contributed by atoms with Crippen molar-refractivity contribution >= 4 is 17.1 Å². The van der Waals surface area contributed by atoms with Gasteiger partial charge in [-0.15, -0.1) is 0 Å². The fourth-order valence-corrected chi connectivity index (χ4v) is 9.86. The summed E-state index contributed by atoms with van der Waals surface area (Å²) in [5.74, 6) is 4.50. The minimum Gasteiger partial charge on any atom is -0.496 e. The van der Waals surface area contributed by atoms with Gasteiger partial charge in [-0.05, 0) is 83.1 Å². The Bertz CT molecular complexity index is 2620. The molecule has 0 amide bonds. The molecule has 3 N–H and O–H groups in total. The first-order valence-electron chi connectivity index (χ1n) is 20.9. The molecule has 0 spiro atoms. The maximum Gasteiger partial charge on any atom is 0.180 e. The van der Waals surface area contributed by atoms with Crippen LogP contribution in [-0.4, -0.2) is 91.3 Å². The van der Waals surface area contributed by atoms with E-state index in [4.69, 9.17) is 47.4 Å². The zero-order valence-corrected chi connectivity index (χ0v) is 36.1. The van der Waals surface area contributed by atoms with Crippen molar-refractivity contribution < 1.29 is 71.9 Å². The molecule has 0 bridgehead atoms. The highest BCUT2D eigenvalue weighted by Crippen LogP contribution is 2.60. The largest absolute Gasteiger partial charge is 0.496 e. The van der Waals surface area contributed by atoms with Gasteiger partial charge in [-0.3, -0.25) is 4.79 Å². The van der Waals surface area contributed by atoms with E-state index in [0.717, 1.165) is 39.5 Å². The van der Waals surface area contributed by atoms with Gasteiger partial charge in [0.2, 0.25) is 0 Å². The Balaban J connectivity index is 0.000000150. The van der Waals surface area contributed by atoms with Gasteiger partial charge in [0.25, 0.3) is 0 Å². The average molecular weight is 868 g/mol. The Kier molecular flexibility index (Phi) is 9.43. The third-order valence-electron chi connectivity index (χ3n) is 13.4. The van der Waals surface area contributed by atoms with Crippen LogP contribution >= 0.6 is 0 Å². The van der Waals surface area contributed by atoms with Crippen molar-refractivity contribution in [2.75, 3.05) is 34.5 Å². The van der Waals surface area contributed by atoms with Crippen LogP contribution in [0.3, 0.4) is 0 Å². The zero-order chi connectivity index (χ0) is 44.5. The molecule has 0 radical (unpaired) electrons. The third-order valence-corrected chi connectivity index (χ3v) is 13.4. The highest BCUT2D eigenvalue weighted by molar-refractivity contribution is 6.08. The summed E-state index contributed by atoms with van der Waals surface area (Å²) < 4.78 is 74.7. The molecule has 14 nitrogen and oxygen atoms in total. The monoisotopic (exact) mass is 867 g/mol. The van der Waals surface area contributed by atoms with E-state index in [9.17, 15) is 20.1 Å². The molecule has 7 aliphatic heterocycles. The fraction of sp³-hybridized carbons (Fsp3) is 0.438. The molecule has 1 fully saturated rings. The lowest BCUT2D eigenvalue weighted by molar-refractivity contribution is -0.0882. The van der Waals surface area contributed by atoms with Crippen LogP contribution in [0.2, 0.25) is 0 Å². The van der Waals surface area contributed by atoms with Gasteiger partial charge in [0, 0.05) is 27.8 Å². The lowest BCUT2D eigenvalue weighted by Gasteiger charge is -2.46. The van der Waals surface area contributed by atoms with E-state index in [1.54, 1.807) is 59.3 Å². The zero-order valence-electron chi connectivity index (χ0n) is 36.1. The van der Waals surface area contributed by atoms with Crippen molar-refractivity contribution in [3.8, 4) is 46.0 Å². The van der Waals surface area contributed by atoms with Crippen molar-refractivity contribution in [1.29, 1.82) is 0 Å². The number of benzene rings is 4. The number of aliphatic hydroxyl groups is 3. The molecule has 7 atom stereocenters. The summed E-state index contributed by atoms with van der Waals surface area (Å²) in [4.78, 5) is 13.8. The maximum atomic E-state index is 15.3. The van der Waals surface area contributed by atoms with Crippen molar-refractivity contribution in [2.45, 2.75) is 101 Å². The second kappa shape index (κ2) is 14.4. The number of Topliss-reactive ketones (excluding diaryl/α,β-unsaturated/α-hetero) is 1. The number of methoxy groups -OCH3 is 3. The first-order valence-corrected chi connectivity index (χ1v) is 20.9. The number of alkyl halides is 1. The van der Waals surface area contributed by atoms with Crippen molar-refractivity contribution in [1.82, 2.24) is 0 Å². The number of fused-ring (bicyclic) bond motifs is 14. The SMILES string of the molecule is COC1=C2c3cc(OC)c(CO)cc3OC[C@H]2Oc2c1ccc1c2C2OC2C(C)(C)O1.COc1cc2c(cc1CO)OC[C@H]1Oc3c(ccc4c3C([18F])C(O)C(C)(C)O4)C(=O)[C@@]21C. The molecular formula is C48H49FO14. The summed E-state index contributed by atoms with van der Waals surface area (Å²) in [5.41, 5.74) is 2.98. The molecule has 4 aromatic carbocycles. The molecule has 7 aliphatic rings. The topological polar surface area (TPSA) is 173 Å². The molecule has 4 unspecified atom stereocenters. The average Bonchev–Trinajstić information content (AvgIpc) is 4.09. The summed E-state index contributed by atoms with van der Waals surface area (Å²) in [5, 5.41) is 29.7. The van der Waals surface area contributed by atoms with E-state index in [1.807, 2.05) is 38.1 Å². The lowest BCUT2D eigenvalue weighted by Crippen LogP contribution is -2.56. The van der Waals surface area contributed by atoms with Crippen molar-refractivity contribution in [3.63, 3.8) is 0 Å². The first-order chi connectivity index (χ1) is 30.1. The number of halogens is 1. The van der Waals surface area contributed by atoms with Gasteiger partial charge >= 0.3 is 0 Å². The van der Waals surface area contributed by atoms with E-state index in [2.05, 4.69) is 0 Å². The lowest BCUT2D eigenvalue weighted by atomic mass is 9.68. The second-order valence-corrected chi connectivity index (χ2v) is 17.9. The third kappa shape index (κ3) is 5.99. The number of carbonyl (C=O) groups is 1. The molecule has 7 heterocycles. The van der Waals surface area contributed by atoms with Crippen LogP contribution in [0.25, 0.3) is 11.3 Å². The van der Waals surface area contributed by atoms with Crippen LogP contribution in [0.15, 0.2) is 48.5 Å². The normalized spacial score (nSPS) is 27.7. The second-order valence-electron chi connectivity index (χ2n) is 17.9. The predicted molar refractivity (Wildman–Crippen MR) is 223 cm³/mol. The van der Waals surface area contributed by atoms with Gasteiger partial charge in [0.05, 0.1) is 62.2 Å². The quantitative estimate of drug-likeness (QED) is 0.186. The number of hydrogen-bond donors (Lipinski definition) is 3. The standard InChI is InChI=1S/C24H25FO7.C24H24O7/c1-23(2)22(28)19(25)18-14(32-23)6-5-12-20(18)31-17-10-30-16-7-11(9-26)15(29-4)8-13(16)24(17,3)21(12)27;1-24(2)23-22(30-23)19-14(31-24)6-5-12-20(27-4)18-13-8-15(26-3)11(9-25)7-16(13)28-10-17(18)29-21(12)19/h5-8,17,19,22,26,28H,9-10H2,1-4H3;5-8,17,22-23,25H,9-10H2,1-4H3/t17-,19?,22?,24+;17-,22?,23?/m11/s1/i25-1;. The number of hydrogen-bond acceptors (Lipinski definition) is 14. The molecule has 63 heavy (non-hydrogen) atoms. The predicted octanol–water partition coefficient (Wildman–Crippen LogP) is 6.49. The van der Waals surface area contributed by atoms with E-state index in [0.29, 0.717) is 46.3 Å². The van der Waals surface area contributed by atoms with E-state index in [-0.39, 0.29) is 72.1 Å². The molecule has 0 saturated carbocycles. The molecule has 15 heteroatoms. The fourth-order valence-electron chi connectivity index (χ4n) is 9.86. The Morgan fingerprint density at radius 1 is 0.714 bits per heavy atom. The Morgan fingerprint density at radius 2 is 1.33 bits per heavy atom. The summed E-state index contributed by atoms with van der Waals surface area (Å²) in [6.07, 6.45) is -4.31. The van der Waals surface area contributed by atoms with Crippen molar-refractivity contribution in [3.05, 3.63) is 93.0 Å². The van der Waals surface area contributed by atoms with Crippen LogP contribution in [0.4, 0.5) is 4.39 Å². The number of carbonyl (C=O) groups excluding carboxylic acids is 1. The summed E-state index contributed by atoms with van der Waals surface area (Å²) in [6, 6.07) is 14.1. The number of rotatable bonds is 5. The molecule has 4 aromatic rings. The summed E-state index contributed by atoms with van der Waals surface area (Å²) in [7, 11) is 4.73. The number of ether oxygens (including phenoxy) is 10. The minimum atomic E-state index is -1.77. The van der Waals surface area contributed by atoms with E-state index >= 15 is 4.39 Å². The highest BCUT2D eigenvalue weighted by atomic mass is 18.2.